The Hall–Kier alpha value is -1.98. The van der Waals surface area contributed by atoms with Crippen molar-refractivity contribution >= 4 is 29.4 Å². The average Bonchev–Trinajstić information content (AvgIpc) is 2.97. The van der Waals surface area contributed by atoms with Gasteiger partial charge in [0, 0.05) is 0 Å². The van der Waals surface area contributed by atoms with Crippen molar-refractivity contribution < 1.29 is 9.21 Å². The monoisotopic (exact) mass is 306 g/mol. The summed E-state index contributed by atoms with van der Waals surface area (Å²) in [7, 11) is 0. The van der Waals surface area contributed by atoms with Crippen molar-refractivity contribution in [2.75, 3.05) is 12.0 Å². The first-order valence-electron chi connectivity index (χ1n) is 5.46. The zero-order valence-electron chi connectivity index (χ0n) is 10.5. The molecular formula is C12H10N4O2S2. The smallest absolute Gasteiger partial charge is 0.227 e. The normalized spacial score (nSPS) is 10.2. The Morgan fingerprint density at radius 2 is 2.35 bits per heavy atom. The fourth-order valence-corrected chi connectivity index (χ4v) is 2.59. The van der Waals surface area contributed by atoms with Crippen LogP contribution in [0, 0.1) is 11.3 Å². The Morgan fingerprint density at radius 3 is 2.90 bits per heavy atom. The fourth-order valence-electron chi connectivity index (χ4n) is 1.45. The van der Waals surface area contributed by atoms with Crippen molar-refractivity contribution in [1.29, 1.82) is 5.26 Å². The van der Waals surface area contributed by atoms with Crippen molar-refractivity contribution in [3.05, 3.63) is 24.0 Å². The molecule has 0 aliphatic carbocycles. The lowest BCUT2D eigenvalue weighted by molar-refractivity contribution is -0.115. The third kappa shape index (κ3) is 3.12. The average molecular weight is 306 g/mol. The van der Waals surface area contributed by atoms with Gasteiger partial charge in [0.1, 0.15) is 22.4 Å². The molecule has 8 heteroatoms. The second kappa shape index (κ2) is 6.45. The zero-order valence-corrected chi connectivity index (χ0v) is 12.1. The van der Waals surface area contributed by atoms with E-state index in [1.54, 1.807) is 12.1 Å². The third-order valence-corrected chi connectivity index (χ3v) is 3.80. The van der Waals surface area contributed by atoms with E-state index in [0.29, 0.717) is 21.6 Å². The van der Waals surface area contributed by atoms with Gasteiger partial charge >= 0.3 is 0 Å². The van der Waals surface area contributed by atoms with Gasteiger partial charge in [-0.25, -0.2) is 9.97 Å². The Kier molecular flexibility index (Phi) is 4.65. The van der Waals surface area contributed by atoms with Crippen LogP contribution in [0.4, 0.5) is 0 Å². The number of aromatic nitrogens is 2. The molecule has 1 amide bonds. The molecule has 6 nitrogen and oxygen atoms in total. The first kappa shape index (κ1) is 14.4. The molecule has 0 spiro atoms. The van der Waals surface area contributed by atoms with Gasteiger partial charge in [0.15, 0.2) is 10.9 Å². The van der Waals surface area contributed by atoms with E-state index in [4.69, 9.17) is 10.2 Å². The fraction of sp³-hybridized carbons (Fsp3) is 0.167. The van der Waals surface area contributed by atoms with E-state index in [0.717, 1.165) is 11.8 Å². The molecule has 0 aliphatic heterocycles. The van der Waals surface area contributed by atoms with Gasteiger partial charge in [0.05, 0.1) is 12.0 Å². The van der Waals surface area contributed by atoms with Crippen molar-refractivity contribution in [3.8, 4) is 17.5 Å². The summed E-state index contributed by atoms with van der Waals surface area (Å²) in [4.78, 5) is 19.4. The van der Waals surface area contributed by atoms with Gasteiger partial charge in [-0.1, -0.05) is 23.5 Å². The van der Waals surface area contributed by atoms with Gasteiger partial charge in [-0.2, -0.15) is 5.26 Å². The van der Waals surface area contributed by atoms with Crippen LogP contribution in [0.1, 0.15) is 5.56 Å². The molecule has 2 aromatic rings. The summed E-state index contributed by atoms with van der Waals surface area (Å²) in [6.45, 7) is 0. The number of hydrogen-bond acceptors (Lipinski definition) is 7. The molecule has 0 aliphatic rings. The summed E-state index contributed by atoms with van der Waals surface area (Å²) >= 11 is 2.46. The summed E-state index contributed by atoms with van der Waals surface area (Å²) in [6, 6.07) is 5.49. The lowest BCUT2D eigenvalue weighted by Gasteiger charge is -2.07. The number of amides is 1. The minimum absolute atomic E-state index is 0.0527. The number of nitrogens with zero attached hydrogens (tertiary/aromatic N) is 3. The van der Waals surface area contributed by atoms with Crippen molar-refractivity contribution in [2.45, 2.75) is 10.2 Å². The number of carbonyl (C=O) groups excluding carboxylic acids is 1. The SMILES string of the molecule is CSc1nc(SCC(N)=O)c(C#N)c(-c2ccco2)n1. The van der Waals surface area contributed by atoms with E-state index in [1.807, 2.05) is 6.26 Å². The molecule has 0 unspecified atom stereocenters. The first-order valence-corrected chi connectivity index (χ1v) is 7.68. The van der Waals surface area contributed by atoms with E-state index >= 15 is 0 Å². The quantitative estimate of drug-likeness (QED) is 0.511. The van der Waals surface area contributed by atoms with E-state index in [-0.39, 0.29) is 11.3 Å². The number of furan rings is 1. The summed E-state index contributed by atoms with van der Waals surface area (Å²) in [5.74, 6) is 0.0693. The predicted molar refractivity (Wildman–Crippen MR) is 76.1 cm³/mol. The van der Waals surface area contributed by atoms with Crippen molar-refractivity contribution in [2.24, 2.45) is 5.73 Å². The molecule has 0 saturated carbocycles. The van der Waals surface area contributed by atoms with Gasteiger partial charge in [-0.15, -0.1) is 0 Å². The highest BCUT2D eigenvalue weighted by molar-refractivity contribution is 8.00. The topological polar surface area (TPSA) is 106 Å². The number of hydrogen-bond donors (Lipinski definition) is 1. The molecule has 0 bridgehead atoms. The Balaban J connectivity index is 2.53. The highest BCUT2D eigenvalue weighted by atomic mass is 32.2. The van der Waals surface area contributed by atoms with Gasteiger partial charge in [-0.05, 0) is 18.4 Å². The molecule has 0 fully saturated rings. The number of primary amides is 1. The van der Waals surface area contributed by atoms with E-state index < -0.39 is 5.91 Å². The Morgan fingerprint density at radius 1 is 1.55 bits per heavy atom. The highest BCUT2D eigenvalue weighted by Gasteiger charge is 2.18. The maximum absolute atomic E-state index is 10.9. The summed E-state index contributed by atoms with van der Waals surface area (Å²) in [6.07, 6.45) is 3.34. The lowest BCUT2D eigenvalue weighted by Crippen LogP contribution is -2.13. The number of rotatable bonds is 5. The van der Waals surface area contributed by atoms with Crippen LogP contribution in [-0.4, -0.2) is 27.9 Å². The van der Waals surface area contributed by atoms with E-state index in [2.05, 4.69) is 16.0 Å². The van der Waals surface area contributed by atoms with Crippen molar-refractivity contribution in [1.82, 2.24) is 9.97 Å². The molecular weight excluding hydrogens is 296 g/mol. The molecule has 102 valence electrons. The Labute approximate surface area is 123 Å². The summed E-state index contributed by atoms with van der Waals surface area (Å²) in [5.41, 5.74) is 5.83. The van der Waals surface area contributed by atoms with E-state index in [9.17, 15) is 10.1 Å². The molecule has 0 saturated heterocycles. The maximum Gasteiger partial charge on any atom is 0.227 e. The second-order valence-corrected chi connectivity index (χ2v) is 5.32. The summed E-state index contributed by atoms with van der Waals surface area (Å²) in [5, 5.41) is 10.2. The van der Waals surface area contributed by atoms with Gasteiger partial charge < -0.3 is 10.2 Å². The van der Waals surface area contributed by atoms with Crippen LogP contribution in [0.3, 0.4) is 0 Å². The van der Waals surface area contributed by atoms with Crippen LogP contribution in [0.25, 0.3) is 11.5 Å². The van der Waals surface area contributed by atoms with Crippen LogP contribution >= 0.6 is 23.5 Å². The highest BCUT2D eigenvalue weighted by Crippen LogP contribution is 2.30. The molecule has 0 aromatic carbocycles. The predicted octanol–water partition coefficient (Wildman–Crippen LogP) is 1.91. The largest absolute Gasteiger partial charge is 0.463 e. The zero-order chi connectivity index (χ0) is 14.5. The van der Waals surface area contributed by atoms with Gasteiger partial charge in [0.2, 0.25) is 5.91 Å². The maximum atomic E-state index is 10.9. The standard InChI is InChI=1S/C12H10N4O2S2/c1-19-12-15-10(8-3-2-4-18-8)7(5-13)11(16-12)20-6-9(14)17/h2-4H,6H2,1H3,(H2,14,17). The van der Waals surface area contributed by atoms with Crippen LogP contribution < -0.4 is 5.73 Å². The molecule has 2 rings (SSSR count). The van der Waals surface area contributed by atoms with Gasteiger partial charge in [0.25, 0.3) is 0 Å². The minimum atomic E-state index is -0.470. The van der Waals surface area contributed by atoms with Crippen LogP contribution in [-0.2, 0) is 4.79 Å². The lowest BCUT2D eigenvalue weighted by atomic mass is 10.2. The molecule has 0 radical (unpaired) electrons. The molecule has 0 atom stereocenters. The molecule has 2 aromatic heterocycles. The first-order chi connectivity index (χ1) is 9.65. The van der Waals surface area contributed by atoms with Crippen LogP contribution in [0.15, 0.2) is 33.0 Å². The summed E-state index contributed by atoms with van der Waals surface area (Å²) < 4.78 is 5.29. The molecule has 2 heterocycles. The van der Waals surface area contributed by atoms with Crippen LogP contribution in [0.2, 0.25) is 0 Å². The van der Waals surface area contributed by atoms with Crippen molar-refractivity contribution in [3.63, 3.8) is 0 Å². The minimum Gasteiger partial charge on any atom is -0.463 e. The number of nitriles is 1. The van der Waals surface area contributed by atoms with E-state index in [1.165, 1.54) is 18.0 Å². The number of nitrogens with two attached hydrogens (primary N) is 1. The van der Waals surface area contributed by atoms with Gasteiger partial charge in [-0.3, -0.25) is 4.79 Å². The second-order valence-electron chi connectivity index (χ2n) is 3.58. The third-order valence-electron chi connectivity index (χ3n) is 2.26. The molecule has 2 N–H and O–H groups in total. The van der Waals surface area contributed by atoms with Crippen LogP contribution in [0.5, 0.6) is 0 Å². The number of carbonyl (C=O) groups is 1. The Bertz CT molecular complexity index is 665. The number of thioether (sulfide) groups is 2. The molecule has 20 heavy (non-hydrogen) atoms.